The number of rotatable bonds is 5. The molecule has 0 heterocycles. The molecular weight excluding hydrogens is 264 g/mol. The van der Waals surface area contributed by atoms with Crippen molar-refractivity contribution in [1.82, 2.24) is 5.32 Å². The number of nitrogens with one attached hydrogen (secondary N) is 1. The lowest BCUT2D eigenvalue weighted by Gasteiger charge is -2.24. The first-order valence-electron chi connectivity index (χ1n) is 5.66. The van der Waals surface area contributed by atoms with E-state index in [1.165, 1.54) is 14.2 Å². The van der Waals surface area contributed by atoms with Crippen molar-refractivity contribution in [2.45, 2.75) is 19.4 Å². The van der Waals surface area contributed by atoms with Gasteiger partial charge in [-0.1, -0.05) is 12.2 Å². The van der Waals surface area contributed by atoms with Crippen LogP contribution in [0.25, 0.3) is 0 Å². The van der Waals surface area contributed by atoms with Crippen LogP contribution >= 0.6 is 12.2 Å². The lowest BCUT2D eigenvalue weighted by Crippen LogP contribution is -2.52. The van der Waals surface area contributed by atoms with Gasteiger partial charge in [0.25, 0.3) is 5.91 Å². The third-order valence-electron chi connectivity index (χ3n) is 2.69. The van der Waals surface area contributed by atoms with Gasteiger partial charge in [0.05, 0.1) is 24.7 Å². The van der Waals surface area contributed by atoms with Crippen LogP contribution in [0.1, 0.15) is 24.2 Å². The van der Waals surface area contributed by atoms with Gasteiger partial charge in [-0.15, -0.1) is 0 Å². The minimum absolute atomic E-state index is 0.223. The number of amides is 1. The summed E-state index contributed by atoms with van der Waals surface area (Å²) in [5.41, 5.74) is 5.27. The molecule has 5 nitrogen and oxygen atoms in total. The third-order valence-corrected chi connectivity index (χ3v) is 3.20. The number of methoxy groups -OCH3 is 2. The van der Waals surface area contributed by atoms with E-state index in [1.54, 1.807) is 32.0 Å². The Morgan fingerprint density at radius 2 is 1.84 bits per heavy atom. The largest absolute Gasteiger partial charge is 0.493 e. The normalized spacial score (nSPS) is 10.7. The number of carbonyl (C=O) groups is 1. The van der Waals surface area contributed by atoms with Gasteiger partial charge in [0.15, 0.2) is 11.5 Å². The standard InChI is InChI=1S/C13H18N2O3S/c1-13(2,12(14)19)15-11(16)8-5-6-9(17-3)10(7-8)18-4/h5-7H,1-4H3,(H2,14,19)(H,15,16). The Morgan fingerprint density at radius 1 is 1.26 bits per heavy atom. The van der Waals surface area contributed by atoms with E-state index in [-0.39, 0.29) is 10.9 Å². The smallest absolute Gasteiger partial charge is 0.252 e. The Hall–Kier alpha value is -1.82. The highest BCUT2D eigenvalue weighted by Crippen LogP contribution is 2.27. The molecule has 0 aliphatic rings. The molecule has 1 aromatic rings. The maximum Gasteiger partial charge on any atom is 0.252 e. The van der Waals surface area contributed by atoms with Gasteiger partial charge in [-0.05, 0) is 32.0 Å². The first-order chi connectivity index (χ1) is 8.81. The first kappa shape index (κ1) is 15.2. The van der Waals surface area contributed by atoms with Crippen LogP contribution in [-0.4, -0.2) is 30.7 Å². The topological polar surface area (TPSA) is 73.6 Å². The van der Waals surface area contributed by atoms with Crippen LogP contribution in [0, 0.1) is 0 Å². The maximum absolute atomic E-state index is 12.1. The maximum atomic E-state index is 12.1. The van der Waals surface area contributed by atoms with Crippen LogP contribution < -0.4 is 20.5 Å². The highest BCUT2D eigenvalue weighted by Gasteiger charge is 2.24. The minimum atomic E-state index is -0.750. The van der Waals surface area contributed by atoms with Crippen molar-refractivity contribution in [3.8, 4) is 11.5 Å². The molecular formula is C13H18N2O3S. The number of benzene rings is 1. The number of nitrogens with two attached hydrogens (primary N) is 1. The van der Waals surface area contributed by atoms with Crippen LogP contribution in [0.2, 0.25) is 0 Å². The summed E-state index contributed by atoms with van der Waals surface area (Å²) in [6, 6.07) is 4.91. The molecule has 0 saturated heterocycles. The predicted molar refractivity (Wildman–Crippen MR) is 77.9 cm³/mol. The predicted octanol–water partition coefficient (Wildman–Crippen LogP) is 1.50. The van der Waals surface area contributed by atoms with E-state index in [9.17, 15) is 4.79 Å². The molecule has 0 saturated carbocycles. The van der Waals surface area contributed by atoms with Gasteiger partial charge in [-0.25, -0.2) is 0 Å². The van der Waals surface area contributed by atoms with Crippen molar-refractivity contribution >= 4 is 23.1 Å². The third kappa shape index (κ3) is 3.57. The molecule has 0 radical (unpaired) electrons. The zero-order valence-electron chi connectivity index (χ0n) is 11.4. The molecule has 0 fully saturated rings. The average Bonchev–Trinajstić information content (AvgIpc) is 2.37. The monoisotopic (exact) mass is 282 g/mol. The van der Waals surface area contributed by atoms with Crippen LogP contribution in [0.5, 0.6) is 11.5 Å². The Balaban J connectivity index is 2.98. The van der Waals surface area contributed by atoms with Crippen molar-refractivity contribution in [3.05, 3.63) is 23.8 Å². The number of hydrogen-bond donors (Lipinski definition) is 2. The fourth-order valence-corrected chi connectivity index (χ4v) is 1.45. The van der Waals surface area contributed by atoms with Gasteiger partial charge in [-0.2, -0.15) is 0 Å². The van der Waals surface area contributed by atoms with E-state index in [4.69, 9.17) is 27.4 Å². The Labute approximate surface area is 118 Å². The highest BCUT2D eigenvalue weighted by atomic mass is 32.1. The molecule has 1 rings (SSSR count). The first-order valence-corrected chi connectivity index (χ1v) is 6.07. The summed E-state index contributed by atoms with van der Waals surface area (Å²) in [6.07, 6.45) is 0. The van der Waals surface area contributed by atoms with Gasteiger partial charge >= 0.3 is 0 Å². The van der Waals surface area contributed by atoms with Gasteiger partial charge in [0.2, 0.25) is 0 Å². The van der Waals surface area contributed by atoms with Crippen LogP contribution in [0.4, 0.5) is 0 Å². The molecule has 104 valence electrons. The fourth-order valence-electron chi connectivity index (χ4n) is 1.40. The second-order valence-corrected chi connectivity index (χ2v) is 4.95. The molecule has 3 N–H and O–H groups in total. The fraction of sp³-hybridized carbons (Fsp3) is 0.385. The molecule has 0 bridgehead atoms. The van der Waals surface area contributed by atoms with Gasteiger partial charge in [0.1, 0.15) is 0 Å². The second-order valence-electron chi connectivity index (χ2n) is 4.51. The van der Waals surface area contributed by atoms with Crippen LogP contribution in [0.3, 0.4) is 0 Å². The van der Waals surface area contributed by atoms with E-state index >= 15 is 0 Å². The van der Waals surface area contributed by atoms with Crippen LogP contribution in [0.15, 0.2) is 18.2 Å². The van der Waals surface area contributed by atoms with E-state index in [2.05, 4.69) is 5.32 Å². The van der Waals surface area contributed by atoms with Crippen molar-refractivity contribution in [2.75, 3.05) is 14.2 Å². The number of carbonyl (C=O) groups excluding carboxylic acids is 1. The van der Waals surface area contributed by atoms with Crippen LogP contribution in [-0.2, 0) is 0 Å². The number of ether oxygens (including phenoxy) is 2. The van der Waals surface area contributed by atoms with E-state index in [1.807, 2.05) is 0 Å². The Kier molecular flexibility index (Phi) is 4.72. The molecule has 0 unspecified atom stereocenters. The van der Waals surface area contributed by atoms with Crippen molar-refractivity contribution in [2.24, 2.45) is 5.73 Å². The molecule has 0 aromatic heterocycles. The van der Waals surface area contributed by atoms with Crippen molar-refractivity contribution < 1.29 is 14.3 Å². The van der Waals surface area contributed by atoms with Gasteiger partial charge in [0, 0.05) is 5.56 Å². The summed E-state index contributed by atoms with van der Waals surface area (Å²) in [7, 11) is 3.05. The molecule has 1 amide bonds. The summed E-state index contributed by atoms with van der Waals surface area (Å²) in [5.74, 6) is 0.773. The molecule has 0 atom stereocenters. The van der Waals surface area contributed by atoms with Gasteiger partial charge in [-0.3, -0.25) is 4.79 Å². The zero-order chi connectivity index (χ0) is 14.6. The van der Waals surface area contributed by atoms with Gasteiger partial charge < -0.3 is 20.5 Å². The quantitative estimate of drug-likeness (QED) is 0.801. The zero-order valence-corrected chi connectivity index (χ0v) is 12.3. The summed E-state index contributed by atoms with van der Waals surface area (Å²) in [6.45, 7) is 3.49. The summed E-state index contributed by atoms with van der Waals surface area (Å²) < 4.78 is 10.3. The Bertz CT molecular complexity index is 501. The average molecular weight is 282 g/mol. The molecule has 6 heteroatoms. The van der Waals surface area contributed by atoms with Crippen molar-refractivity contribution in [3.63, 3.8) is 0 Å². The summed E-state index contributed by atoms with van der Waals surface area (Å²) in [5, 5.41) is 2.76. The lowest BCUT2D eigenvalue weighted by atomic mass is 10.0. The van der Waals surface area contributed by atoms with E-state index < -0.39 is 5.54 Å². The van der Waals surface area contributed by atoms with Crippen molar-refractivity contribution in [1.29, 1.82) is 0 Å². The minimum Gasteiger partial charge on any atom is -0.493 e. The summed E-state index contributed by atoms with van der Waals surface area (Å²) in [4.78, 5) is 12.3. The summed E-state index contributed by atoms with van der Waals surface area (Å²) >= 11 is 4.91. The molecule has 1 aromatic carbocycles. The van der Waals surface area contributed by atoms with E-state index in [0.717, 1.165) is 0 Å². The molecule has 19 heavy (non-hydrogen) atoms. The lowest BCUT2D eigenvalue weighted by molar-refractivity contribution is 0.0932. The number of thiocarbonyl (C=S) groups is 1. The number of hydrogen-bond acceptors (Lipinski definition) is 4. The highest BCUT2D eigenvalue weighted by molar-refractivity contribution is 7.80. The SMILES string of the molecule is COc1ccc(C(=O)NC(C)(C)C(N)=S)cc1OC. The molecule has 0 aliphatic carbocycles. The second kappa shape index (κ2) is 5.88. The molecule has 0 spiro atoms. The molecule has 0 aliphatic heterocycles. The Morgan fingerprint density at radius 3 is 2.32 bits per heavy atom. The van der Waals surface area contributed by atoms with E-state index in [0.29, 0.717) is 17.1 Å².